The number of hydrogen-bond donors (Lipinski definition) is 0. The predicted molar refractivity (Wildman–Crippen MR) is 127 cm³/mol. The molecule has 2 aromatic carbocycles. The molecule has 2 heterocycles. The molecule has 1 amide bonds. The fourth-order valence-corrected chi connectivity index (χ4v) is 4.57. The zero-order valence-electron chi connectivity index (χ0n) is 16.4. The highest BCUT2D eigenvalue weighted by Gasteiger charge is 2.33. The Morgan fingerprint density at radius 1 is 1.13 bits per heavy atom. The van der Waals surface area contributed by atoms with Gasteiger partial charge in [0.1, 0.15) is 11.5 Å². The van der Waals surface area contributed by atoms with E-state index in [9.17, 15) is 14.9 Å². The Kier molecular flexibility index (Phi) is 5.70. The maximum Gasteiger partial charge on any atom is 0.281 e. The zero-order valence-corrected chi connectivity index (χ0v) is 18.8. The summed E-state index contributed by atoms with van der Waals surface area (Å²) >= 11 is 12.5. The van der Waals surface area contributed by atoms with E-state index in [0.717, 1.165) is 11.1 Å². The average Bonchev–Trinajstić information content (AvgIpc) is 3.28. The number of nitro benzene ring substituents is 1. The molecule has 0 saturated carbocycles. The van der Waals surface area contributed by atoms with Crippen LogP contribution in [0.5, 0.6) is 0 Å². The normalized spacial score (nSPS) is 15.2. The van der Waals surface area contributed by atoms with Gasteiger partial charge in [-0.25, -0.2) is 0 Å². The van der Waals surface area contributed by atoms with E-state index in [4.69, 9.17) is 28.2 Å². The van der Waals surface area contributed by atoms with Gasteiger partial charge in [0.15, 0.2) is 4.32 Å². The molecule has 0 radical (unpaired) electrons. The number of nitro groups is 1. The fourth-order valence-electron chi connectivity index (χ4n) is 3.12. The summed E-state index contributed by atoms with van der Waals surface area (Å²) in [6, 6.07) is 13.4. The van der Waals surface area contributed by atoms with Crippen LogP contribution in [0.15, 0.2) is 57.9 Å². The largest absolute Gasteiger partial charge is 0.456 e. The summed E-state index contributed by atoms with van der Waals surface area (Å²) in [6.45, 7) is 3.98. The maximum absolute atomic E-state index is 13.0. The Morgan fingerprint density at radius 3 is 2.61 bits per heavy atom. The van der Waals surface area contributed by atoms with Gasteiger partial charge in [0.25, 0.3) is 11.6 Å². The molecule has 9 heteroatoms. The summed E-state index contributed by atoms with van der Waals surface area (Å²) in [4.78, 5) is 25.7. The first-order valence-electron chi connectivity index (χ1n) is 9.14. The van der Waals surface area contributed by atoms with Crippen LogP contribution in [0.25, 0.3) is 17.4 Å². The minimum Gasteiger partial charge on any atom is -0.456 e. The molecule has 0 spiro atoms. The van der Waals surface area contributed by atoms with Crippen LogP contribution < -0.4 is 4.90 Å². The number of thiocarbonyl (C=S) groups is 1. The van der Waals surface area contributed by atoms with Crippen molar-refractivity contribution in [3.05, 3.63) is 85.5 Å². The summed E-state index contributed by atoms with van der Waals surface area (Å²) in [5, 5.41) is 11.6. The van der Waals surface area contributed by atoms with Crippen LogP contribution in [0.1, 0.15) is 16.9 Å². The van der Waals surface area contributed by atoms with Gasteiger partial charge in [-0.3, -0.25) is 19.8 Å². The fraction of sp³-hybridized carbons (Fsp3) is 0.0909. The van der Waals surface area contributed by atoms with Crippen molar-refractivity contribution in [1.29, 1.82) is 0 Å². The number of halogens is 1. The van der Waals surface area contributed by atoms with Crippen LogP contribution in [0, 0.1) is 24.0 Å². The summed E-state index contributed by atoms with van der Waals surface area (Å²) in [6.07, 6.45) is 1.59. The summed E-state index contributed by atoms with van der Waals surface area (Å²) < 4.78 is 6.20. The summed E-state index contributed by atoms with van der Waals surface area (Å²) in [7, 11) is 0. The zero-order chi connectivity index (χ0) is 22.3. The molecule has 4 rings (SSSR count). The lowest BCUT2D eigenvalue weighted by molar-refractivity contribution is -0.384. The molecule has 3 aromatic rings. The van der Waals surface area contributed by atoms with Gasteiger partial charge >= 0.3 is 0 Å². The van der Waals surface area contributed by atoms with Crippen molar-refractivity contribution < 1.29 is 14.1 Å². The molecule has 31 heavy (non-hydrogen) atoms. The van der Waals surface area contributed by atoms with Crippen molar-refractivity contribution >= 4 is 63.3 Å². The molecule has 1 saturated heterocycles. The highest BCUT2D eigenvalue weighted by Crippen LogP contribution is 2.38. The van der Waals surface area contributed by atoms with Crippen LogP contribution >= 0.6 is 35.6 Å². The number of amides is 1. The van der Waals surface area contributed by atoms with Crippen molar-refractivity contribution in [2.75, 3.05) is 4.90 Å². The van der Waals surface area contributed by atoms with Crippen LogP contribution in [0.3, 0.4) is 0 Å². The SMILES string of the molecule is Cc1ccc(N2C(=O)/C(=C\c3ccc(-c4ccc(Cl)cc4[N+](=O)[O-])o3)SC2=S)cc1C. The van der Waals surface area contributed by atoms with E-state index >= 15 is 0 Å². The molecular weight excluding hydrogens is 456 g/mol. The van der Waals surface area contributed by atoms with E-state index in [2.05, 4.69) is 0 Å². The van der Waals surface area contributed by atoms with Crippen LogP contribution in [0.4, 0.5) is 11.4 Å². The number of hydrogen-bond acceptors (Lipinski definition) is 6. The number of aryl methyl sites for hydroxylation is 2. The molecule has 6 nitrogen and oxygen atoms in total. The highest BCUT2D eigenvalue weighted by molar-refractivity contribution is 8.27. The first-order chi connectivity index (χ1) is 14.7. The quantitative estimate of drug-likeness (QED) is 0.187. The number of furan rings is 1. The molecule has 0 bridgehead atoms. The monoisotopic (exact) mass is 470 g/mol. The molecule has 1 aliphatic heterocycles. The minimum absolute atomic E-state index is 0.158. The predicted octanol–water partition coefficient (Wildman–Crippen LogP) is 6.53. The number of carbonyl (C=O) groups excluding carboxylic acids is 1. The number of nitrogens with zero attached hydrogens (tertiary/aromatic N) is 2. The Morgan fingerprint density at radius 2 is 1.90 bits per heavy atom. The van der Waals surface area contributed by atoms with Crippen LogP contribution in [-0.2, 0) is 4.79 Å². The van der Waals surface area contributed by atoms with Gasteiger partial charge in [-0.2, -0.15) is 0 Å². The van der Waals surface area contributed by atoms with Gasteiger partial charge in [-0.05, 0) is 61.4 Å². The second kappa shape index (κ2) is 8.30. The van der Waals surface area contributed by atoms with Gasteiger partial charge in [0, 0.05) is 17.2 Å². The lowest BCUT2D eigenvalue weighted by atomic mass is 10.1. The van der Waals surface area contributed by atoms with Crippen LogP contribution in [0.2, 0.25) is 5.02 Å². The Bertz CT molecular complexity index is 1280. The van der Waals surface area contributed by atoms with Gasteiger partial charge in [0.2, 0.25) is 0 Å². The van der Waals surface area contributed by atoms with Gasteiger partial charge in [-0.1, -0.05) is 41.6 Å². The van der Waals surface area contributed by atoms with Gasteiger partial charge in [-0.15, -0.1) is 0 Å². The third-order valence-corrected chi connectivity index (χ3v) is 6.40. The molecule has 1 aliphatic rings. The molecule has 1 aromatic heterocycles. The van der Waals surface area contributed by atoms with Crippen molar-refractivity contribution in [3.63, 3.8) is 0 Å². The van der Waals surface area contributed by atoms with E-state index < -0.39 is 4.92 Å². The molecule has 156 valence electrons. The molecule has 1 fully saturated rings. The van der Waals surface area contributed by atoms with Crippen molar-refractivity contribution in [1.82, 2.24) is 0 Å². The summed E-state index contributed by atoms with van der Waals surface area (Å²) in [5.74, 6) is 0.452. The van der Waals surface area contributed by atoms with E-state index in [0.29, 0.717) is 32.0 Å². The van der Waals surface area contributed by atoms with Crippen molar-refractivity contribution in [3.8, 4) is 11.3 Å². The minimum atomic E-state index is -0.516. The number of carbonyl (C=O) groups is 1. The van der Waals surface area contributed by atoms with Crippen LogP contribution in [-0.4, -0.2) is 15.2 Å². The molecule has 0 unspecified atom stereocenters. The average molecular weight is 471 g/mol. The van der Waals surface area contributed by atoms with E-state index in [1.807, 2.05) is 32.0 Å². The second-order valence-corrected chi connectivity index (χ2v) is 9.02. The number of benzene rings is 2. The lowest BCUT2D eigenvalue weighted by Crippen LogP contribution is -2.27. The van der Waals surface area contributed by atoms with E-state index in [-0.39, 0.29) is 16.6 Å². The maximum atomic E-state index is 13.0. The smallest absolute Gasteiger partial charge is 0.281 e. The van der Waals surface area contributed by atoms with Gasteiger partial charge in [0.05, 0.1) is 21.1 Å². The first-order valence-corrected chi connectivity index (χ1v) is 10.7. The molecular formula is C22H15ClN2O4S2. The van der Waals surface area contributed by atoms with E-state index in [1.54, 1.807) is 24.3 Å². The van der Waals surface area contributed by atoms with E-state index in [1.165, 1.54) is 28.8 Å². The Balaban J connectivity index is 1.64. The number of rotatable bonds is 4. The standard InChI is InChI=1S/C22H15ClN2O4S2/c1-12-3-5-15(9-13(12)2)24-21(26)20(31-22(24)30)11-16-6-8-19(29-16)17-7-4-14(23)10-18(17)25(27)28/h3-11H,1-2H3/b20-11+. The topological polar surface area (TPSA) is 76.6 Å². The lowest BCUT2D eigenvalue weighted by Gasteiger charge is -2.15. The summed E-state index contributed by atoms with van der Waals surface area (Å²) in [5.41, 5.74) is 3.05. The highest BCUT2D eigenvalue weighted by atomic mass is 35.5. The van der Waals surface area contributed by atoms with Gasteiger partial charge < -0.3 is 4.42 Å². The molecule has 0 aliphatic carbocycles. The Labute approximate surface area is 192 Å². The number of thioether (sulfide) groups is 1. The second-order valence-electron chi connectivity index (χ2n) is 6.91. The Hall–Kier alpha value is -2.94. The third kappa shape index (κ3) is 4.14. The van der Waals surface area contributed by atoms with Crippen molar-refractivity contribution in [2.24, 2.45) is 0 Å². The molecule has 0 N–H and O–H groups in total. The molecule has 0 atom stereocenters. The third-order valence-electron chi connectivity index (χ3n) is 4.86. The van der Waals surface area contributed by atoms with Crippen molar-refractivity contribution in [2.45, 2.75) is 13.8 Å². The number of anilines is 1. The first kappa shape index (κ1) is 21.3.